The lowest BCUT2D eigenvalue weighted by Crippen LogP contribution is -2.61. The molecule has 77 heavy (non-hydrogen) atoms. The number of phenolic OH excluding ortho intramolecular Hbond substituents is 1. The lowest BCUT2D eigenvalue weighted by Gasteiger charge is -2.37. The van der Waals surface area contributed by atoms with Gasteiger partial charge in [-0.05, 0) is 67.7 Å². The fourth-order valence-electron chi connectivity index (χ4n) is 9.41. The van der Waals surface area contributed by atoms with Crippen LogP contribution in [0.25, 0.3) is 0 Å². The fourth-order valence-corrected chi connectivity index (χ4v) is 12.8. The predicted molar refractivity (Wildman–Crippen MR) is 290 cm³/mol. The minimum Gasteiger partial charge on any atom is -0.508 e. The lowest BCUT2D eigenvalue weighted by molar-refractivity contribution is -0.142. The highest BCUT2D eigenvalue weighted by Crippen LogP contribution is 2.48. The molecule has 26 heteroatoms. The van der Waals surface area contributed by atoms with Gasteiger partial charge in [0.15, 0.2) is 5.96 Å². The van der Waals surface area contributed by atoms with Gasteiger partial charge in [-0.15, -0.1) is 0 Å². The van der Waals surface area contributed by atoms with Gasteiger partial charge in [0.2, 0.25) is 59.1 Å². The number of rotatable bonds is 17. The number of phenols is 1. The number of primary amides is 2. The molecule has 5 rings (SSSR count). The van der Waals surface area contributed by atoms with Gasteiger partial charge >= 0.3 is 0 Å². The summed E-state index contributed by atoms with van der Waals surface area (Å²) in [6.45, 7) is 2.94. The van der Waals surface area contributed by atoms with Crippen LogP contribution >= 0.6 is 21.6 Å². The van der Waals surface area contributed by atoms with Crippen LogP contribution in [-0.2, 0) is 60.8 Å². The van der Waals surface area contributed by atoms with Crippen molar-refractivity contribution in [2.45, 2.75) is 144 Å². The summed E-state index contributed by atoms with van der Waals surface area (Å²) in [5, 5.41) is 28.9. The van der Waals surface area contributed by atoms with Crippen LogP contribution in [0.15, 0.2) is 59.6 Å². The van der Waals surface area contributed by atoms with E-state index in [1.54, 1.807) is 56.3 Å². The maximum Gasteiger partial charge on any atom is 0.246 e. The number of benzene rings is 2. The Bertz CT molecular complexity index is 2460. The van der Waals surface area contributed by atoms with Crippen LogP contribution in [0.1, 0.15) is 95.6 Å². The van der Waals surface area contributed by atoms with E-state index in [2.05, 4.69) is 42.2 Å². The molecule has 420 valence electrons. The third kappa shape index (κ3) is 19.2. The zero-order chi connectivity index (χ0) is 56.2. The van der Waals surface area contributed by atoms with Crippen LogP contribution in [0.3, 0.4) is 0 Å². The predicted octanol–water partition coefficient (Wildman–Crippen LogP) is -1.25. The number of amides is 10. The Morgan fingerprint density at radius 3 is 2.03 bits per heavy atom. The molecule has 7 atom stereocenters. The van der Waals surface area contributed by atoms with Crippen LogP contribution in [-0.4, -0.2) is 147 Å². The number of likely N-dealkylation sites (tertiary alicyclic amines) is 1. The smallest absolute Gasteiger partial charge is 0.246 e. The molecule has 0 radical (unpaired) electrons. The largest absolute Gasteiger partial charge is 0.508 e. The summed E-state index contributed by atoms with van der Waals surface area (Å²) in [6, 6.07) is 5.68. The Balaban J connectivity index is 1.51. The highest BCUT2D eigenvalue weighted by atomic mass is 33.1. The number of nitrogens with zero attached hydrogens (tertiary/aromatic N) is 2. The number of nitrogens with one attached hydrogen (secondary N) is 7. The quantitative estimate of drug-likeness (QED) is 0.0381. The minimum absolute atomic E-state index is 0.00648. The average molecular weight is 1110 g/mol. The fraction of sp³-hybridized carbons (Fsp3) is 0.549. The summed E-state index contributed by atoms with van der Waals surface area (Å²) in [5.41, 5.74) is 23.1. The number of hydrogen-bond acceptors (Lipinski definition) is 14. The van der Waals surface area contributed by atoms with Gasteiger partial charge in [0.1, 0.15) is 48.0 Å². The molecular formula is C51H73N13O11S2. The Kier molecular flexibility index (Phi) is 23.2. The first kappa shape index (κ1) is 60.8. The van der Waals surface area contributed by atoms with Crippen molar-refractivity contribution in [3.8, 4) is 5.75 Å². The molecule has 1 spiro atoms. The van der Waals surface area contributed by atoms with Gasteiger partial charge in [-0.2, -0.15) is 0 Å². The summed E-state index contributed by atoms with van der Waals surface area (Å²) in [4.78, 5) is 144. The number of aromatic hydroxyl groups is 1. The Morgan fingerprint density at radius 2 is 1.39 bits per heavy atom. The van der Waals surface area contributed by atoms with Crippen molar-refractivity contribution in [3.63, 3.8) is 0 Å². The molecule has 3 fully saturated rings. The van der Waals surface area contributed by atoms with Crippen molar-refractivity contribution in [2.24, 2.45) is 33.8 Å². The summed E-state index contributed by atoms with van der Waals surface area (Å²) >= 11 is 0. The summed E-state index contributed by atoms with van der Waals surface area (Å²) in [5.74, 6) is -8.67. The zero-order valence-electron chi connectivity index (χ0n) is 43.4. The number of guanidine groups is 1. The second-order valence-electron chi connectivity index (χ2n) is 19.9. The van der Waals surface area contributed by atoms with Gasteiger partial charge < -0.3 is 70.2 Å². The molecule has 0 aromatic heterocycles. The van der Waals surface area contributed by atoms with Gasteiger partial charge in [-0.25, -0.2) is 0 Å². The van der Waals surface area contributed by atoms with E-state index in [1.165, 1.54) is 38.6 Å². The zero-order valence-corrected chi connectivity index (χ0v) is 45.0. The monoisotopic (exact) mass is 1110 g/mol. The highest BCUT2D eigenvalue weighted by Gasteiger charge is 2.42. The molecule has 0 unspecified atom stereocenters. The lowest BCUT2D eigenvalue weighted by atomic mass is 9.85. The van der Waals surface area contributed by atoms with E-state index in [4.69, 9.17) is 22.9 Å². The number of carbonyl (C=O) groups is 10. The maximum atomic E-state index is 14.9. The molecule has 2 aromatic rings. The second kappa shape index (κ2) is 29.4. The number of nitrogens with two attached hydrogens (primary N) is 4. The molecule has 2 aromatic carbocycles. The van der Waals surface area contributed by atoms with E-state index >= 15 is 0 Å². The molecule has 16 N–H and O–H groups in total. The topological polar surface area (TPSA) is 395 Å². The second-order valence-corrected chi connectivity index (χ2v) is 22.7. The van der Waals surface area contributed by atoms with E-state index in [1.807, 2.05) is 0 Å². The van der Waals surface area contributed by atoms with Crippen LogP contribution in [0, 0.1) is 5.92 Å². The van der Waals surface area contributed by atoms with E-state index < -0.39 is 125 Å². The van der Waals surface area contributed by atoms with Crippen molar-refractivity contribution in [1.29, 1.82) is 0 Å². The van der Waals surface area contributed by atoms with Gasteiger partial charge in [-0.3, -0.25) is 52.9 Å². The normalized spacial score (nSPS) is 23.2. The average Bonchev–Trinajstić information content (AvgIpc) is 3.88. The van der Waals surface area contributed by atoms with Crippen LogP contribution in [0.5, 0.6) is 5.75 Å². The van der Waals surface area contributed by atoms with Crippen molar-refractivity contribution >= 4 is 86.6 Å². The molecule has 0 bridgehead atoms. The van der Waals surface area contributed by atoms with Crippen molar-refractivity contribution in [2.75, 3.05) is 25.4 Å². The van der Waals surface area contributed by atoms with Crippen LogP contribution < -0.4 is 60.2 Å². The summed E-state index contributed by atoms with van der Waals surface area (Å²) < 4.78 is -0.726. The third-order valence-corrected chi connectivity index (χ3v) is 16.7. The highest BCUT2D eigenvalue weighted by molar-refractivity contribution is 8.77. The maximum absolute atomic E-state index is 14.9. The first-order chi connectivity index (χ1) is 36.6. The molecule has 1 aliphatic carbocycles. The standard InChI is InChI=1S/C51H73N13O11S2/c1-29(2)42-48(74)61-36(25-39(52)66)45(71)62-37(49(75)64-22-10-14-38(64)47(73)59-33(13-9-21-56-50(54)55)43(69)57-27-40(53)67)28-76-77-51(19-7-4-8-20-51)26-41(68)58-34(24-31-15-17-32(65)18-16-31)44(70)60-35(46(72)63-42)23-30-11-5-3-6-12-30/h3,5-6,11-12,15-18,29,33-38,42,65H,4,7-10,13-14,19-28H2,1-2H3,(H2,52,66)(H2,53,67)(H,57,69)(H,58,68)(H,59,73)(H,60,70)(H,61,74)(H,62,71)(H,63,72)(H4,54,55,56)/t33-,34+,35+,36+,37+,38+,42+/m1/s1. The third-order valence-electron chi connectivity index (χ3n) is 13.4. The molecule has 24 nitrogen and oxygen atoms in total. The van der Waals surface area contributed by atoms with Crippen molar-refractivity contribution in [1.82, 2.24) is 42.1 Å². The molecule has 10 amide bonds. The van der Waals surface area contributed by atoms with E-state index in [-0.39, 0.29) is 69.1 Å². The van der Waals surface area contributed by atoms with Gasteiger partial charge in [0, 0.05) is 42.9 Å². The Morgan fingerprint density at radius 1 is 0.766 bits per heavy atom. The first-order valence-electron chi connectivity index (χ1n) is 25.8. The van der Waals surface area contributed by atoms with E-state index in [9.17, 15) is 53.1 Å². The van der Waals surface area contributed by atoms with Crippen LogP contribution in [0.4, 0.5) is 0 Å². The molecule has 3 aliphatic rings. The van der Waals surface area contributed by atoms with E-state index in [0.717, 1.165) is 19.3 Å². The van der Waals surface area contributed by atoms with Gasteiger partial charge in [-0.1, -0.05) is 97.2 Å². The summed E-state index contributed by atoms with van der Waals surface area (Å²) in [7, 11) is 2.56. The Labute approximate surface area is 455 Å². The molecule has 1 saturated carbocycles. The number of carbonyl (C=O) groups excluding carboxylic acids is 10. The number of hydrogen-bond donors (Lipinski definition) is 12. The Hall–Kier alpha value is -7.09. The number of aliphatic imine (C=N–C) groups is 1. The van der Waals surface area contributed by atoms with Crippen LogP contribution in [0.2, 0.25) is 0 Å². The summed E-state index contributed by atoms with van der Waals surface area (Å²) in [6.07, 6.45) is 3.56. The first-order valence-corrected chi connectivity index (χ1v) is 28.1. The van der Waals surface area contributed by atoms with Crippen molar-refractivity contribution < 1.29 is 53.1 Å². The van der Waals surface area contributed by atoms with Gasteiger partial charge in [0.25, 0.3) is 0 Å². The van der Waals surface area contributed by atoms with Gasteiger partial charge in [0.05, 0.1) is 13.0 Å². The molecular weight excluding hydrogens is 1030 g/mol. The van der Waals surface area contributed by atoms with E-state index in [0.29, 0.717) is 30.4 Å². The minimum atomic E-state index is -1.66. The SMILES string of the molecule is CC(C)[C@@H]1NC(=O)[C@H](Cc2ccccc2)NC(=O)[C@H](Cc2ccc(O)cc2)NC(=O)CC2(CCCCC2)SSC[C@@H](C(=O)N2CCC[C@H]2C(=O)N[C@H](CCCN=C(N)N)C(=O)NCC(N)=O)NC(=O)[C@H](CC(N)=O)NC1=O. The molecule has 2 saturated heterocycles. The molecule has 2 aliphatic heterocycles. The molecule has 2 heterocycles. The van der Waals surface area contributed by atoms with Crippen molar-refractivity contribution in [3.05, 3.63) is 65.7 Å².